The fraction of sp³-hybridized carbons (Fsp3) is 0.320. The molecule has 1 fully saturated rings. The topological polar surface area (TPSA) is 113 Å². The van der Waals surface area contributed by atoms with Crippen molar-refractivity contribution in [1.29, 1.82) is 0 Å². The number of piperazine rings is 1. The van der Waals surface area contributed by atoms with Gasteiger partial charge in [0.25, 0.3) is 0 Å². The second-order valence-corrected chi connectivity index (χ2v) is 9.32. The second-order valence-electron chi connectivity index (χ2n) is 8.41. The van der Waals surface area contributed by atoms with Crippen LogP contribution in [-0.2, 0) is 14.3 Å². The number of ether oxygens (including phenoxy) is 1. The van der Waals surface area contributed by atoms with E-state index in [2.05, 4.69) is 58.4 Å². The number of pyridine rings is 1. The molecule has 1 amide bonds. The van der Waals surface area contributed by atoms with Crippen LogP contribution in [0.4, 0.5) is 17.3 Å². The van der Waals surface area contributed by atoms with Crippen molar-refractivity contribution in [3.63, 3.8) is 0 Å². The standard InChI is InChI=1S/C25H28BrN7O3/c1-32-8-10-33(11-9-32)12-13-36-24(35)7-3-6-23(34)31-22-15-20-21(16-27-22)28-17-29-25(20)30-19-5-2-4-18(26)14-19/h2-6,14-17H,7-13H2,1H3,(H,27,31,34)(H,28,29,30). The fourth-order valence-corrected chi connectivity index (χ4v) is 4.08. The van der Waals surface area contributed by atoms with E-state index in [9.17, 15) is 9.59 Å². The maximum atomic E-state index is 12.3. The molecule has 10 nitrogen and oxygen atoms in total. The highest BCUT2D eigenvalue weighted by Gasteiger charge is 2.14. The molecule has 0 radical (unpaired) electrons. The number of likely N-dealkylation sites (N-methyl/N-ethyl adjacent to an activating group) is 1. The number of carbonyl (C=O) groups is 2. The van der Waals surface area contributed by atoms with Gasteiger partial charge in [-0.25, -0.2) is 15.0 Å². The van der Waals surface area contributed by atoms with Crippen LogP contribution in [0.15, 0.2) is 59.5 Å². The van der Waals surface area contributed by atoms with Crippen LogP contribution in [-0.4, -0.2) is 83.0 Å². The maximum Gasteiger partial charge on any atom is 0.309 e. The summed E-state index contributed by atoms with van der Waals surface area (Å²) in [5.74, 6) is 0.174. The summed E-state index contributed by atoms with van der Waals surface area (Å²) in [5, 5.41) is 6.67. The third-order valence-corrected chi connectivity index (χ3v) is 6.17. The SMILES string of the molecule is CN1CCN(CCOC(=O)CC=CC(=O)Nc2cc3c(Nc4cccc(Br)c4)ncnc3cn2)CC1. The van der Waals surface area contributed by atoms with E-state index in [1.165, 1.54) is 18.5 Å². The van der Waals surface area contributed by atoms with Crippen molar-refractivity contribution in [3.05, 3.63) is 59.5 Å². The molecule has 3 aromatic rings. The van der Waals surface area contributed by atoms with E-state index < -0.39 is 5.91 Å². The number of halogens is 1. The number of hydrogen-bond acceptors (Lipinski definition) is 9. The first kappa shape index (κ1) is 25.7. The molecule has 11 heteroatoms. The van der Waals surface area contributed by atoms with Gasteiger partial charge in [-0.3, -0.25) is 14.5 Å². The van der Waals surface area contributed by atoms with Crippen LogP contribution < -0.4 is 10.6 Å². The predicted molar refractivity (Wildman–Crippen MR) is 142 cm³/mol. The van der Waals surface area contributed by atoms with Gasteiger partial charge in [-0.1, -0.05) is 28.1 Å². The van der Waals surface area contributed by atoms with Crippen LogP contribution in [0.5, 0.6) is 0 Å². The number of hydrogen-bond donors (Lipinski definition) is 2. The Morgan fingerprint density at radius 3 is 2.78 bits per heavy atom. The molecule has 0 aliphatic carbocycles. The lowest BCUT2D eigenvalue weighted by Gasteiger charge is -2.31. The number of nitrogens with zero attached hydrogens (tertiary/aromatic N) is 5. The quantitative estimate of drug-likeness (QED) is 0.304. The lowest BCUT2D eigenvalue weighted by Crippen LogP contribution is -2.45. The Hall–Kier alpha value is -3.41. The van der Waals surface area contributed by atoms with Gasteiger partial charge in [0.15, 0.2) is 0 Å². The minimum Gasteiger partial charge on any atom is -0.464 e. The van der Waals surface area contributed by atoms with Gasteiger partial charge in [-0.2, -0.15) is 0 Å². The number of carbonyl (C=O) groups excluding carboxylic acids is 2. The van der Waals surface area contributed by atoms with Crippen molar-refractivity contribution in [2.75, 3.05) is 57.0 Å². The Bertz CT molecular complexity index is 1250. The number of rotatable bonds is 9. The first-order chi connectivity index (χ1) is 17.5. The number of fused-ring (bicyclic) bond motifs is 1. The number of aromatic nitrogens is 3. The molecule has 1 aliphatic rings. The molecule has 36 heavy (non-hydrogen) atoms. The van der Waals surface area contributed by atoms with E-state index >= 15 is 0 Å². The van der Waals surface area contributed by atoms with Gasteiger partial charge in [-0.05, 0) is 37.4 Å². The predicted octanol–water partition coefficient (Wildman–Crippen LogP) is 3.21. The molecule has 188 valence electrons. The third-order valence-electron chi connectivity index (χ3n) is 5.68. The zero-order chi connectivity index (χ0) is 25.3. The average molecular weight is 554 g/mol. The van der Waals surface area contributed by atoms with Crippen LogP contribution in [0.25, 0.3) is 10.9 Å². The summed E-state index contributed by atoms with van der Waals surface area (Å²) < 4.78 is 6.21. The van der Waals surface area contributed by atoms with E-state index in [0.29, 0.717) is 29.1 Å². The minimum absolute atomic E-state index is 0.0237. The van der Waals surface area contributed by atoms with Gasteiger partial charge >= 0.3 is 5.97 Å². The molecule has 2 N–H and O–H groups in total. The molecule has 2 aromatic heterocycles. The van der Waals surface area contributed by atoms with Crippen molar-refractivity contribution < 1.29 is 14.3 Å². The van der Waals surface area contributed by atoms with E-state index in [0.717, 1.165) is 42.9 Å². The van der Waals surface area contributed by atoms with Crippen molar-refractivity contribution in [3.8, 4) is 0 Å². The lowest BCUT2D eigenvalue weighted by molar-refractivity contribution is -0.143. The summed E-state index contributed by atoms with van der Waals surface area (Å²) in [5.41, 5.74) is 1.49. The number of esters is 1. The van der Waals surface area contributed by atoms with Crippen LogP contribution in [0.1, 0.15) is 6.42 Å². The van der Waals surface area contributed by atoms with Gasteiger partial charge in [0.1, 0.15) is 24.6 Å². The van der Waals surface area contributed by atoms with Gasteiger partial charge in [-0.15, -0.1) is 0 Å². The summed E-state index contributed by atoms with van der Waals surface area (Å²) in [7, 11) is 2.10. The normalized spacial score (nSPS) is 14.7. The minimum atomic E-state index is -0.398. The van der Waals surface area contributed by atoms with Crippen LogP contribution >= 0.6 is 15.9 Å². The smallest absolute Gasteiger partial charge is 0.309 e. The molecule has 0 saturated carbocycles. The zero-order valence-corrected chi connectivity index (χ0v) is 21.6. The maximum absolute atomic E-state index is 12.3. The van der Waals surface area contributed by atoms with Gasteiger partial charge in [0.05, 0.1) is 18.1 Å². The highest BCUT2D eigenvalue weighted by molar-refractivity contribution is 9.10. The first-order valence-electron chi connectivity index (χ1n) is 11.6. The van der Waals surface area contributed by atoms with Gasteiger partial charge in [0, 0.05) is 48.3 Å². The molecule has 0 spiro atoms. The monoisotopic (exact) mass is 553 g/mol. The Labute approximate surface area is 217 Å². The number of amides is 1. The zero-order valence-electron chi connectivity index (χ0n) is 20.0. The van der Waals surface area contributed by atoms with Crippen molar-refractivity contribution >= 4 is 56.0 Å². The Morgan fingerprint density at radius 1 is 1.14 bits per heavy atom. The molecule has 0 atom stereocenters. The third kappa shape index (κ3) is 7.54. The molecule has 3 heterocycles. The van der Waals surface area contributed by atoms with E-state index in [1.54, 1.807) is 12.3 Å². The van der Waals surface area contributed by atoms with Crippen molar-refractivity contribution in [2.45, 2.75) is 6.42 Å². The highest BCUT2D eigenvalue weighted by Crippen LogP contribution is 2.25. The van der Waals surface area contributed by atoms with Crippen molar-refractivity contribution in [2.24, 2.45) is 0 Å². The Kier molecular flexibility index (Phi) is 8.93. The second kappa shape index (κ2) is 12.5. The first-order valence-corrected chi connectivity index (χ1v) is 12.4. The molecule has 0 bridgehead atoms. The van der Waals surface area contributed by atoms with E-state index in [1.807, 2.05) is 24.3 Å². The molecule has 1 aliphatic heterocycles. The molecule has 4 rings (SSSR count). The van der Waals surface area contributed by atoms with Crippen LogP contribution in [0.2, 0.25) is 0 Å². The number of nitrogens with one attached hydrogen (secondary N) is 2. The Morgan fingerprint density at radius 2 is 1.97 bits per heavy atom. The fourth-order valence-electron chi connectivity index (χ4n) is 3.68. The molecular formula is C25H28BrN7O3. The number of benzene rings is 1. The van der Waals surface area contributed by atoms with Crippen LogP contribution in [0, 0.1) is 0 Å². The van der Waals surface area contributed by atoms with Gasteiger partial charge in [0.2, 0.25) is 5.91 Å². The van der Waals surface area contributed by atoms with E-state index in [4.69, 9.17) is 4.74 Å². The summed E-state index contributed by atoms with van der Waals surface area (Å²) in [6.45, 7) is 5.07. The van der Waals surface area contributed by atoms with Crippen LogP contribution in [0.3, 0.4) is 0 Å². The highest BCUT2D eigenvalue weighted by atomic mass is 79.9. The summed E-state index contributed by atoms with van der Waals surface area (Å²) in [6, 6.07) is 9.40. The average Bonchev–Trinajstić information content (AvgIpc) is 2.86. The molecule has 1 saturated heterocycles. The molecule has 0 unspecified atom stereocenters. The molecule has 1 aromatic carbocycles. The van der Waals surface area contributed by atoms with Gasteiger partial charge < -0.3 is 20.3 Å². The Balaban J connectivity index is 1.28. The molecular weight excluding hydrogens is 526 g/mol. The van der Waals surface area contributed by atoms with Crippen molar-refractivity contribution in [1.82, 2.24) is 24.8 Å². The summed E-state index contributed by atoms with van der Waals surface area (Å²) in [4.78, 5) is 41.7. The lowest BCUT2D eigenvalue weighted by atomic mass is 10.2. The largest absolute Gasteiger partial charge is 0.464 e. The van der Waals surface area contributed by atoms with E-state index in [-0.39, 0.29) is 12.4 Å². The summed E-state index contributed by atoms with van der Waals surface area (Å²) >= 11 is 3.45. The summed E-state index contributed by atoms with van der Waals surface area (Å²) in [6.07, 6.45) is 5.83. The number of anilines is 3.